The van der Waals surface area contributed by atoms with E-state index in [2.05, 4.69) is 15.9 Å². The van der Waals surface area contributed by atoms with Gasteiger partial charge in [0.15, 0.2) is 12.4 Å². The summed E-state index contributed by atoms with van der Waals surface area (Å²) in [5.74, 6) is -1.51. The first-order chi connectivity index (χ1) is 14.0. The molecule has 0 radical (unpaired) electrons. The second-order valence-electron chi connectivity index (χ2n) is 6.94. The van der Waals surface area contributed by atoms with Crippen LogP contribution in [0, 0.1) is 5.92 Å². The summed E-state index contributed by atoms with van der Waals surface area (Å²) >= 11 is 3.31. The van der Waals surface area contributed by atoms with Gasteiger partial charge in [0.05, 0.1) is 11.6 Å². The van der Waals surface area contributed by atoms with Crippen molar-refractivity contribution >= 4 is 50.0 Å². The first-order valence-electron chi connectivity index (χ1n) is 9.26. The standard InChI is InChI=1S/C23H18BrNO4/c24-18-10-8-16(9-11-18)21(26)14-29-23(28)17-12-22(27)25(13-17)20-7-3-5-15-4-1-2-6-19(15)20/h1-11,17H,12-14H2/t17-/m1/s1. The van der Waals surface area contributed by atoms with Crippen molar-refractivity contribution in [2.45, 2.75) is 6.42 Å². The number of Topliss-reactive ketones (excluding diaryl/α,β-unsaturated/α-hetero) is 1. The summed E-state index contributed by atoms with van der Waals surface area (Å²) < 4.78 is 6.08. The van der Waals surface area contributed by atoms with Crippen molar-refractivity contribution < 1.29 is 19.1 Å². The summed E-state index contributed by atoms with van der Waals surface area (Å²) in [7, 11) is 0. The molecule has 1 saturated heterocycles. The van der Waals surface area contributed by atoms with Gasteiger partial charge in [-0.1, -0.05) is 64.5 Å². The molecule has 0 aliphatic carbocycles. The van der Waals surface area contributed by atoms with E-state index in [-0.39, 0.29) is 31.3 Å². The average molecular weight is 452 g/mol. The number of hydrogen-bond acceptors (Lipinski definition) is 4. The Morgan fingerprint density at radius 2 is 1.72 bits per heavy atom. The number of carbonyl (C=O) groups is 3. The van der Waals surface area contributed by atoms with Gasteiger partial charge in [-0.15, -0.1) is 0 Å². The lowest BCUT2D eigenvalue weighted by Gasteiger charge is -2.18. The molecule has 0 saturated carbocycles. The van der Waals surface area contributed by atoms with Crippen molar-refractivity contribution in [3.8, 4) is 0 Å². The normalized spacial score (nSPS) is 16.2. The second kappa shape index (κ2) is 8.17. The number of anilines is 1. The van der Waals surface area contributed by atoms with Crippen LogP contribution in [0.3, 0.4) is 0 Å². The highest BCUT2D eigenvalue weighted by Crippen LogP contribution is 2.32. The van der Waals surface area contributed by atoms with Gasteiger partial charge in [0, 0.05) is 28.4 Å². The predicted octanol–water partition coefficient (Wildman–Crippen LogP) is 4.38. The van der Waals surface area contributed by atoms with Crippen LogP contribution in [0.5, 0.6) is 0 Å². The Bertz CT molecular complexity index is 1090. The SMILES string of the molecule is O=C(COC(=O)[C@@H]1CC(=O)N(c2cccc3ccccc23)C1)c1ccc(Br)cc1. The Kier molecular flexibility index (Phi) is 5.45. The summed E-state index contributed by atoms with van der Waals surface area (Å²) in [5.41, 5.74) is 1.26. The first kappa shape index (κ1) is 19.3. The van der Waals surface area contributed by atoms with Crippen LogP contribution in [0.1, 0.15) is 16.8 Å². The van der Waals surface area contributed by atoms with E-state index >= 15 is 0 Å². The van der Waals surface area contributed by atoms with Gasteiger partial charge >= 0.3 is 5.97 Å². The van der Waals surface area contributed by atoms with E-state index in [1.165, 1.54) is 0 Å². The Hall–Kier alpha value is -2.99. The van der Waals surface area contributed by atoms with Crippen LogP contribution in [0.25, 0.3) is 10.8 Å². The lowest BCUT2D eigenvalue weighted by atomic mass is 10.1. The molecule has 0 aromatic heterocycles. The van der Waals surface area contributed by atoms with E-state index in [0.29, 0.717) is 5.56 Å². The second-order valence-corrected chi connectivity index (χ2v) is 7.86. The molecule has 3 aromatic rings. The van der Waals surface area contributed by atoms with Gasteiger partial charge in [-0.2, -0.15) is 0 Å². The van der Waals surface area contributed by atoms with Crippen molar-refractivity contribution in [3.05, 3.63) is 76.8 Å². The van der Waals surface area contributed by atoms with Crippen molar-refractivity contribution in [1.82, 2.24) is 0 Å². The van der Waals surface area contributed by atoms with Crippen molar-refractivity contribution in [2.75, 3.05) is 18.1 Å². The van der Waals surface area contributed by atoms with Crippen LogP contribution in [0.15, 0.2) is 71.2 Å². The quantitative estimate of drug-likeness (QED) is 0.426. The van der Waals surface area contributed by atoms with E-state index in [1.54, 1.807) is 29.2 Å². The van der Waals surface area contributed by atoms with Crippen LogP contribution < -0.4 is 4.90 Å². The molecule has 6 heteroatoms. The number of ketones is 1. The highest BCUT2D eigenvalue weighted by atomic mass is 79.9. The monoisotopic (exact) mass is 451 g/mol. The molecule has 1 aliphatic rings. The third-order valence-electron chi connectivity index (χ3n) is 5.03. The molecule has 0 bridgehead atoms. The maximum Gasteiger partial charge on any atom is 0.311 e. The number of ether oxygens (including phenoxy) is 1. The smallest absolute Gasteiger partial charge is 0.311 e. The van der Waals surface area contributed by atoms with E-state index in [9.17, 15) is 14.4 Å². The zero-order chi connectivity index (χ0) is 20.4. The molecule has 29 heavy (non-hydrogen) atoms. The number of carbonyl (C=O) groups excluding carboxylic acids is 3. The number of benzene rings is 3. The van der Waals surface area contributed by atoms with Gasteiger partial charge < -0.3 is 9.64 Å². The minimum atomic E-state index is -0.584. The Labute approximate surface area is 176 Å². The summed E-state index contributed by atoms with van der Waals surface area (Å²) in [6, 6.07) is 20.4. The van der Waals surface area contributed by atoms with Gasteiger partial charge in [0.2, 0.25) is 5.91 Å². The van der Waals surface area contributed by atoms with Crippen molar-refractivity contribution in [2.24, 2.45) is 5.92 Å². The molecule has 0 N–H and O–H groups in total. The summed E-state index contributed by atoms with van der Waals surface area (Å²) in [5, 5.41) is 1.99. The zero-order valence-corrected chi connectivity index (χ0v) is 17.1. The lowest BCUT2D eigenvalue weighted by Crippen LogP contribution is -2.27. The van der Waals surface area contributed by atoms with E-state index < -0.39 is 11.9 Å². The summed E-state index contributed by atoms with van der Waals surface area (Å²) in [6.07, 6.45) is 0.0779. The maximum absolute atomic E-state index is 12.6. The van der Waals surface area contributed by atoms with E-state index in [0.717, 1.165) is 20.9 Å². The number of hydrogen-bond donors (Lipinski definition) is 0. The molecule has 146 valence electrons. The van der Waals surface area contributed by atoms with Crippen LogP contribution in [-0.2, 0) is 14.3 Å². The van der Waals surface area contributed by atoms with Crippen LogP contribution >= 0.6 is 15.9 Å². The van der Waals surface area contributed by atoms with Crippen LogP contribution in [0.4, 0.5) is 5.69 Å². The molecule has 3 aromatic carbocycles. The molecule has 4 rings (SSSR count). The Morgan fingerprint density at radius 3 is 2.52 bits per heavy atom. The Morgan fingerprint density at radius 1 is 1.00 bits per heavy atom. The minimum absolute atomic E-state index is 0.0779. The molecule has 1 aliphatic heterocycles. The number of rotatable bonds is 5. The molecule has 5 nitrogen and oxygen atoms in total. The minimum Gasteiger partial charge on any atom is -0.457 e. The predicted molar refractivity (Wildman–Crippen MR) is 114 cm³/mol. The number of esters is 1. The number of fused-ring (bicyclic) bond motifs is 1. The molecule has 1 atom stereocenters. The fraction of sp³-hybridized carbons (Fsp3) is 0.174. The van der Waals surface area contributed by atoms with Crippen LogP contribution in [-0.4, -0.2) is 30.8 Å². The van der Waals surface area contributed by atoms with Gasteiger partial charge in [-0.3, -0.25) is 14.4 Å². The summed E-state index contributed by atoms with van der Waals surface area (Å²) in [4.78, 5) is 38.9. The molecular formula is C23H18BrNO4. The van der Waals surface area contributed by atoms with Gasteiger partial charge in [0.25, 0.3) is 0 Å². The van der Waals surface area contributed by atoms with E-state index in [1.807, 2.05) is 42.5 Å². The largest absolute Gasteiger partial charge is 0.457 e. The molecule has 0 spiro atoms. The van der Waals surface area contributed by atoms with Crippen molar-refractivity contribution in [1.29, 1.82) is 0 Å². The first-order valence-corrected chi connectivity index (χ1v) is 10.1. The fourth-order valence-electron chi connectivity index (χ4n) is 3.52. The molecule has 1 amide bonds. The van der Waals surface area contributed by atoms with E-state index in [4.69, 9.17) is 4.74 Å². The topological polar surface area (TPSA) is 63.7 Å². The lowest BCUT2D eigenvalue weighted by molar-refractivity contribution is -0.147. The Balaban J connectivity index is 1.43. The maximum atomic E-state index is 12.6. The molecule has 1 heterocycles. The summed E-state index contributed by atoms with van der Waals surface area (Å²) in [6.45, 7) is -0.0857. The third kappa shape index (κ3) is 4.07. The highest BCUT2D eigenvalue weighted by molar-refractivity contribution is 9.10. The fourth-order valence-corrected chi connectivity index (χ4v) is 3.78. The highest BCUT2D eigenvalue weighted by Gasteiger charge is 2.36. The number of nitrogens with zero attached hydrogens (tertiary/aromatic N) is 1. The molecular weight excluding hydrogens is 434 g/mol. The van der Waals surface area contributed by atoms with Gasteiger partial charge in [0.1, 0.15) is 0 Å². The zero-order valence-electron chi connectivity index (χ0n) is 15.5. The average Bonchev–Trinajstić information content (AvgIpc) is 3.13. The molecule has 0 unspecified atom stereocenters. The number of amides is 1. The van der Waals surface area contributed by atoms with Crippen molar-refractivity contribution in [3.63, 3.8) is 0 Å². The number of halogens is 1. The molecule has 1 fully saturated rings. The van der Waals surface area contributed by atoms with Crippen LogP contribution in [0.2, 0.25) is 0 Å². The third-order valence-corrected chi connectivity index (χ3v) is 5.56. The van der Waals surface area contributed by atoms with Gasteiger partial charge in [-0.25, -0.2) is 0 Å². The van der Waals surface area contributed by atoms with Gasteiger partial charge in [-0.05, 0) is 23.6 Å².